The summed E-state index contributed by atoms with van der Waals surface area (Å²) in [6.07, 6.45) is 1.39. The van der Waals surface area contributed by atoms with Crippen LogP contribution in [0.25, 0.3) is 0 Å². The van der Waals surface area contributed by atoms with E-state index in [9.17, 15) is 29.1 Å². The smallest absolute Gasteiger partial charge is 0.326 e. The van der Waals surface area contributed by atoms with E-state index in [0.717, 1.165) is 11.3 Å². The van der Waals surface area contributed by atoms with Crippen molar-refractivity contribution in [2.24, 2.45) is 0 Å². The number of carbonyl (C=O) groups excluding carboxylic acids is 4. The van der Waals surface area contributed by atoms with Crippen LogP contribution >= 0.6 is 0 Å². The second kappa shape index (κ2) is 6.19. The molecule has 0 aromatic heterocycles. The fourth-order valence-electron chi connectivity index (χ4n) is 3.97. The number of nitrogens with zero attached hydrogens (tertiary/aromatic N) is 2. The molecular weight excluding hydrogens is 354 g/mol. The summed E-state index contributed by atoms with van der Waals surface area (Å²) in [5, 5.41) is 11.5. The number of rotatable bonds is 3. The zero-order valence-electron chi connectivity index (χ0n) is 14.3. The molecule has 0 bridgehead atoms. The zero-order valence-corrected chi connectivity index (χ0v) is 14.3. The number of fused-ring (bicyclic) bond motifs is 1. The van der Waals surface area contributed by atoms with Gasteiger partial charge < -0.3 is 10.0 Å². The topological polar surface area (TPSA) is 124 Å². The molecule has 3 aliphatic heterocycles. The van der Waals surface area contributed by atoms with E-state index < -0.39 is 41.7 Å². The first-order valence-electron chi connectivity index (χ1n) is 8.73. The van der Waals surface area contributed by atoms with Crippen LogP contribution in [0.5, 0.6) is 0 Å². The molecule has 140 valence electrons. The first-order chi connectivity index (χ1) is 12.9. The lowest BCUT2D eigenvalue weighted by Gasteiger charge is -2.27. The molecule has 1 aromatic rings. The normalized spacial score (nSPS) is 25.0. The van der Waals surface area contributed by atoms with E-state index in [1.165, 1.54) is 12.1 Å². The van der Waals surface area contributed by atoms with Gasteiger partial charge in [0, 0.05) is 18.7 Å². The first kappa shape index (κ1) is 17.2. The van der Waals surface area contributed by atoms with Crippen molar-refractivity contribution in [2.75, 3.05) is 11.4 Å². The maximum Gasteiger partial charge on any atom is 0.326 e. The molecule has 0 saturated carbocycles. The number of carbonyl (C=O) groups is 5. The molecular formula is C18H17N3O6. The molecule has 2 saturated heterocycles. The van der Waals surface area contributed by atoms with E-state index in [4.69, 9.17) is 0 Å². The average molecular weight is 371 g/mol. The Bertz CT molecular complexity index is 895. The van der Waals surface area contributed by atoms with Crippen LogP contribution in [0.15, 0.2) is 18.2 Å². The molecule has 2 unspecified atom stereocenters. The third-order valence-corrected chi connectivity index (χ3v) is 5.29. The Morgan fingerprint density at radius 1 is 1.07 bits per heavy atom. The zero-order chi connectivity index (χ0) is 19.3. The third-order valence-electron chi connectivity index (χ3n) is 5.29. The van der Waals surface area contributed by atoms with Crippen molar-refractivity contribution < 1.29 is 29.1 Å². The van der Waals surface area contributed by atoms with Crippen molar-refractivity contribution in [2.45, 2.75) is 37.8 Å². The first-order valence-corrected chi connectivity index (χ1v) is 8.73. The van der Waals surface area contributed by atoms with Gasteiger partial charge >= 0.3 is 5.97 Å². The number of carboxylic acid groups (broad SMARTS) is 1. The van der Waals surface area contributed by atoms with E-state index >= 15 is 0 Å². The highest BCUT2D eigenvalue weighted by molar-refractivity contribution is 6.23. The van der Waals surface area contributed by atoms with Gasteiger partial charge in [-0.05, 0) is 37.5 Å². The number of benzene rings is 1. The van der Waals surface area contributed by atoms with Crippen molar-refractivity contribution in [1.29, 1.82) is 0 Å². The Kier molecular flexibility index (Phi) is 3.94. The number of piperidine rings is 1. The largest absolute Gasteiger partial charge is 0.480 e. The SMILES string of the molecule is O=C1CCC(N2C(=O)c3ccc(N4CCCC4C(=O)O)cc3C2=O)C(=O)N1. The number of aliphatic carboxylic acids is 1. The van der Waals surface area contributed by atoms with E-state index in [2.05, 4.69) is 5.32 Å². The van der Waals surface area contributed by atoms with Gasteiger partial charge in [-0.25, -0.2) is 4.79 Å². The predicted octanol–water partition coefficient (Wildman–Crippen LogP) is 0.141. The van der Waals surface area contributed by atoms with E-state index in [0.29, 0.717) is 18.7 Å². The maximum atomic E-state index is 12.8. The number of anilines is 1. The Hall–Kier alpha value is -3.23. The highest BCUT2D eigenvalue weighted by atomic mass is 16.4. The molecule has 27 heavy (non-hydrogen) atoms. The van der Waals surface area contributed by atoms with Gasteiger partial charge in [-0.3, -0.25) is 29.4 Å². The van der Waals surface area contributed by atoms with E-state index in [1.807, 2.05) is 0 Å². The van der Waals surface area contributed by atoms with Crippen molar-refractivity contribution in [3.63, 3.8) is 0 Å². The van der Waals surface area contributed by atoms with Gasteiger partial charge in [0.05, 0.1) is 11.1 Å². The van der Waals surface area contributed by atoms with Crippen LogP contribution in [0.2, 0.25) is 0 Å². The summed E-state index contributed by atoms with van der Waals surface area (Å²) in [5.41, 5.74) is 0.891. The molecule has 2 fully saturated rings. The number of imide groups is 2. The predicted molar refractivity (Wildman–Crippen MR) is 91.1 cm³/mol. The molecule has 0 spiro atoms. The quantitative estimate of drug-likeness (QED) is 0.724. The Morgan fingerprint density at radius 2 is 1.81 bits per heavy atom. The fourth-order valence-corrected chi connectivity index (χ4v) is 3.97. The van der Waals surface area contributed by atoms with Crippen molar-refractivity contribution in [3.8, 4) is 0 Å². The molecule has 4 amide bonds. The lowest BCUT2D eigenvalue weighted by Crippen LogP contribution is -2.54. The Balaban J connectivity index is 1.65. The van der Waals surface area contributed by atoms with Crippen LogP contribution in [0.3, 0.4) is 0 Å². The fraction of sp³-hybridized carbons (Fsp3) is 0.389. The summed E-state index contributed by atoms with van der Waals surface area (Å²) in [4.78, 5) is 62.9. The lowest BCUT2D eigenvalue weighted by atomic mass is 10.0. The average Bonchev–Trinajstić information content (AvgIpc) is 3.20. The highest BCUT2D eigenvalue weighted by Crippen LogP contribution is 2.33. The number of amides is 4. The van der Waals surface area contributed by atoms with Crippen LogP contribution in [0.4, 0.5) is 5.69 Å². The number of carboxylic acids is 1. The second-order valence-corrected chi connectivity index (χ2v) is 6.87. The molecule has 9 heteroatoms. The van der Waals surface area contributed by atoms with Gasteiger partial charge in [0.25, 0.3) is 11.8 Å². The molecule has 3 aliphatic rings. The molecule has 9 nitrogen and oxygen atoms in total. The van der Waals surface area contributed by atoms with Gasteiger partial charge in [0.15, 0.2) is 0 Å². The van der Waals surface area contributed by atoms with Gasteiger partial charge in [-0.1, -0.05) is 0 Å². The number of nitrogens with one attached hydrogen (secondary N) is 1. The van der Waals surface area contributed by atoms with E-state index in [1.54, 1.807) is 11.0 Å². The lowest BCUT2D eigenvalue weighted by molar-refractivity contribution is -0.138. The molecule has 0 aliphatic carbocycles. The van der Waals surface area contributed by atoms with Crippen molar-refractivity contribution in [1.82, 2.24) is 10.2 Å². The summed E-state index contributed by atoms with van der Waals surface area (Å²) >= 11 is 0. The van der Waals surface area contributed by atoms with E-state index in [-0.39, 0.29) is 24.0 Å². The van der Waals surface area contributed by atoms with Gasteiger partial charge in [0.1, 0.15) is 12.1 Å². The summed E-state index contributed by atoms with van der Waals surface area (Å²) in [6.45, 7) is 0.550. The molecule has 4 rings (SSSR count). The Labute approximate surface area is 153 Å². The van der Waals surface area contributed by atoms with Crippen LogP contribution in [-0.2, 0) is 14.4 Å². The van der Waals surface area contributed by atoms with Crippen molar-refractivity contribution >= 4 is 35.3 Å². The Morgan fingerprint density at radius 3 is 2.52 bits per heavy atom. The van der Waals surface area contributed by atoms with Gasteiger partial charge in [0.2, 0.25) is 11.8 Å². The van der Waals surface area contributed by atoms with Crippen LogP contribution in [0.1, 0.15) is 46.4 Å². The minimum Gasteiger partial charge on any atom is -0.480 e. The standard InChI is InChI=1S/C18H17N3O6/c22-14-6-5-12(15(23)19-14)21-16(24)10-4-3-9(8-11(10)17(21)25)20-7-1-2-13(20)18(26)27/h3-4,8,12-13H,1-2,5-7H2,(H,26,27)(H,19,22,23). The third kappa shape index (κ3) is 2.66. The summed E-state index contributed by atoms with van der Waals surface area (Å²) in [5.74, 6) is -3.19. The number of hydrogen-bond acceptors (Lipinski definition) is 6. The molecule has 2 atom stereocenters. The van der Waals surface area contributed by atoms with Crippen LogP contribution in [-0.4, -0.2) is 58.2 Å². The highest BCUT2D eigenvalue weighted by Gasteiger charge is 2.45. The summed E-state index contributed by atoms with van der Waals surface area (Å²) in [7, 11) is 0. The molecule has 0 radical (unpaired) electrons. The minimum absolute atomic E-state index is 0.0587. The van der Waals surface area contributed by atoms with Gasteiger partial charge in [-0.2, -0.15) is 0 Å². The van der Waals surface area contributed by atoms with Gasteiger partial charge in [-0.15, -0.1) is 0 Å². The summed E-state index contributed by atoms with van der Waals surface area (Å²) < 4.78 is 0. The minimum atomic E-state index is -1.02. The van der Waals surface area contributed by atoms with Crippen LogP contribution < -0.4 is 10.2 Å². The molecule has 1 aromatic carbocycles. The van der Waals surface area contributed by atoms with Crippen molar-refractivity contribution in [3.05, 3.63) is 29.3 Å². The maximum absolute atomic E-state index is 12.8. The monoisotopic (exact) mass is 371 g/mol. The molecule has 3 heterocycles. The summed E-state index contributed by atoms with van der Waals surface area (Å²) in [6, 6.07) is 2.95. The van der Waals surface area contributed by atoms with Crippen LogP contribution in [0, 0.1) is 0 Å². The number of hydrogen-bond donors (Lipinski definition) is 2. The molecule has 2 N–H and O–H groups in total. The second-order valence-electron chi connectivity index (χ2n) is 6.87.